The van der Waals surface area contributed by atoms with Crippen LogP contribution in [0, 0.1) is 11.6 Å². The van der Waals surface area contributed by atoms with Crippen molar-refractivity contribution in [2.24, 2.45) is 0 Å². The lowest BCUT2D eigenvalue weighted by atomic mass is 10.1. The molecule has 1 aliphatic heterocycles. The van der Waals surface area contributed by atoms with E-state index in [1.54, 1.807) is 0 Å². The first-order chi connectivity index (χ1) is 18.3. The molecular weight excluding hydrogens is 501 g/mol. The quantitative estimate of drug-likeness (QED) is 0.299. The van der Waals surface area contributed by atoms with Crippen LogP contribution < -0.4 is 10.6 Å². The van der Waals surface area contributed by atoms with Crippen molar-refractivity contribution < 1.29 is 32.6 Å². The average molecular weight is 537 g/mol. The summed E-state index contributed by atoms with van der Waals surface area (Å²) in [7, 11) is 1.41. The number of aryl methyl sites for hydroxylation is 2. The van der Waals surface area contributed by atoms with Gasteiger partial charge in [-0.2, -0.15) is 0 Å². The maximum atomic E-state index is 13.9. The van der Waals surface area contributed by atoms with Gasteiger partial charge in [-0.05, 0) is 74.9 Å². The van der Waals surface area contributed by atoms with Gasteiger partial charge >= 0.3 is 5.97 Å². The molecule has 0 bridgehead atoms. The molecule has 1 aromatic carbocycles. The zero-order valence-electron chi connectivity index (χ0n) is 21.5. The number of carbonyl (C=O) groups excluding carboxylic acids is 1. The summed E-state index contributed by atoms with van der Waals surface area (Å²) in [5, 5.41) is 15.2. The first-order valence-electron chi connectivity index (χ1n) is 12.8. The summed E-state index contributed by atoms with van der Waals surface area (Å²) < 4.78 is 45.9. The molecule has 2 unspecified atom stereocenters. The molecule has 2 heterocycles. The molecule has 2 aromatic rings. The van der Waals surface area contributed by atoms with Crippen molar-refractivity contribution in [3.05, 3.63) is 58.8 Å². The van der Waals surface area contributed by atoms with Gasteiger partial charge in [0.15, 0.2) is 0 Å². The van der Waals surface area contributed by atoms with Crippen LogP contribution >= 0.6 is 0 Å². The fourth-order valence-electron chi connectivity index (χ4n) is 4.39. The van der Waals surface area contributed by atoms with E-state index in [1.165, 1.54) is 12.7 Å². The number of carboxylic acid groups (broad SMARTS) is 1. The van der Waals surface area contributed by atoms with E-state index >= 15 is 0 Å². The summed E-state index contributed by atoms with van der Waals surface area (Å²) in [5.41, 5.74) is 1.64. The normalized spacial score (nSPS) is 14.4. The molecule has 3 N–H and O–H groups in total. The van der Waals surface area contributed by atoms with E-state index in [9.17, 15) is 27.9 Å². The number of benzene rings is 1. The van der Waals surface area contributed by atoms with Gasteiger partial charge in [-0.1, -0.05) is 6.07 Å². The number of unbranched alkanes of at least 4 members (excludes halogenated alkanes) is 1. The lowest BCUT2D eigenvalue weighted by Gasteiger charge is -2.27. The van der Waals surface area contributed by atoms with E-state index < -0.39 is 47.9 Å². The predicted molar refractivity (Wildman–Crippen MR) is 137 cm³/mol. The van der Waals surface area contributed by atoms with Gasteiger partial charge in [-0.25, -0.2) is 22.9 Å². The van der Waals surface area contributed by atoms with Crippen LogP contribution in [0.15, 0.2) is 30.3 Å². The largest absolute Gasteiger partial charge is 0.480 e. The monoisotopic (exact) mass is 536 g/mol. The highest BCUT2D eigenvalue weighted by molar-refractivity contribution is 5.96. The van der Waals surface area contributed by atoms with Crippen LogP contribution in [-0.4, -0.2) is 79.0 Å². The number of nitrogens with zero attached hydrogens (tertiary/aromatic N) is 2. The SMILES string of the molecule is COC(CF)CN(CCCCc1ccc2c(n1)NCCC2)CCC(NC(=O)c1cc(F)ccc1F)C(=O)O. The van der Waals surface area contributed by atoms with E-state index in [0.717, 1.165) is 62.3 Å². The highest BCUT2D eigenvalue weighted by atomic mass is 19.1. The molecule has 0 radical (unpaired) electrons. The third kappa shape index (κ3) is 8.70. The second-order valence-corrected chi connectivity index (χ2v) is 9.39. The molecule has 38 heavy (non-hydrogen) atoms. The Labute approximate surface area is 220 Å². The van der Waals surface area contributed by atoms with Crippen molar-refractivity contribution in [2.75, 3.05) is 45.3 Å². The molecule has 8 nitrogen and oxygen atoms in total. The number of hydrogen-bond donors (Lipinski definition) is 3. The smallest absolute Gasteiger partial charge is 0.326 e. The van der Waals surface area contributed by atoms with E-state index in [2.05, 4.69) is 16.7 Å². The number of anilines is 1. The number of methoxy groups -OCH3 is 1. The van der Waals surface area contributed by atoms with E-state index in [-0.39, 0.29) is 19.5 Å². The van der Waals surface area contributed by atoms with Crippen LogP contribution in [0.3, 0.4) is 0 Å². The highest BCUT2D eigenvalue weighted by Gasteiger charge is 2.24. The Balaban J connectivity index is 1.55. The summed E-state index contributed by atoms with van der Waals surface area (Å²) in [6, 6.07) is 5.19. The van der Waals surface area contributed by atoms with Gasteiger partial charge in [0.05, 0.1) is 11.7 Å². The number of hydrogen-bond acceptors (Lipinski definition) is 6. The Bertz CT molecular complexity index is 1080. The molecule has 2 atom stereocenters. The summed E-state index contributed by atoms with van der Waals surface area (Å²) >= 11 is 0. The van der Waals surface area contributed by atoms with Crippen LogP contribution in [0.25, 0.3) is 0 Å². The predicted octanol–water partition coefficient (Wildman–Crippen LogP) is 3.60. The molecule has 0 aliphatic carbocycles. The first kappa shape index (κ1) is 29.4. The number of halogens is 3. The highest BCUT2D eigenvalue weighted by Crippen LogP contribution is 2.20. The summed E-state index contributed by atoms with van der Waals surface area (Å²) in [6.07, 6.45) is 3.78. The molecule has 11 heteroatoms. The minimum atomic E-state index is -1.34. The number of pyridine rings is 1. The lowest BCUT2D eigenvalue weighted by molar-refractivity contribution is -0.139. The number of ether oxygens (including phenoxy) is 1. The average Bonchev–Trinajstić information content (AvgIpc) is 2.92. The maximum absolute atomic E-state index is 13.9. The van der Waals surface area contributed by atoms with Crippen molar-refractivity contribution in [3.8, 4) is 0 Å². The lowest BCUT2D eigenvalue weighted by Crippen LogP contribution is -2.44. The second-order valence-electron chi connectivity index (χ2n) is 9.39. The Morgan fingerprint density at radius 1 is 1.21 bits per heavy atom. The van der Waals surface area contributed by atoms with Crippen LogP contribution in [0.5, 0.6) is 0 Å². The number of aromatic nitrogens is 1. The number of nitrogens with one attached hydrogen (secondary N) is 2. The van der Waals surface area contributed by atoms with Crippen molar-refractivity contribution in [2.45, 2.75) is 50.7 Å². The number of rotatable bonds is 15. The maximum Gasteiger partial charge on any atom is 0.326 e. The number of fused-ring (bicyclic) bond motifs is 1. The molecule has 0 spiro atoms. The molecule has 0 saturated carbocycles. The third-order valence-electron chi connectivity index (χ3n) is 6.59. The fourth-order valence-corrected chi connectivity index (χ4v) is 4.39. The Morgan fingerprint density at radius 3 is 2.76 bits per heavy atom. The van der Waals surface area contributed by atoms with Crippen molar-refractivity contribution in [1.82, 2.24) is 15.2 Å². The van der Waals surface area contributed by atoms with Gasteiger partial charge in [0.1, 0.15) is 30.2 Å². The van der Waals surface area contributed by atoms with Gasteiger partial charge < -0.3 is 25.4 Å². The number of aliphatic carboxylic acids is 1. The van der Waals surface area contributed by atoms with Crippen LogP contribution in [0.4, 0.5) is 19.0 Å². The number of alkyl halides is 1. The molecule has 1 aromatic heterocycles. The number of amides is 1. The van der Waals surface area contributed by atoms with Gasteiger partial charge in [0.2, 0.25) is 0 Å². The van der Waals surface area contributed by atoms with Gasteiger partial charge in [0.25, 0.3) is 5.91 Å². The number of carboxylic acids is 1. The minimum absolute atomic E-state index is 0.0151. The number of carbonyl (C=O) groups is 2. The van der Waals surface area contributed by atoms with Crippen molar-refractivity contribution in [1.29, 1.82) is 0 Å². The Morgan fingerprint density at radius 2 is 2.03 bits per heavy atom. The van der Waals surface area contributed by atoms with E-state index in [1.807, 2.05) is 11.0 Å². The molecule has 0 fully saturated rings. The first-order valence-corrected chi connectivity index (χ1v) is 12.8. The van der Waals surface area contributed by atoms with Crippen molar-refractivity contribution in [3.63, 3.8) is 0 Å². The fraction of sp³-hybridized carbons (Fsp3) is 0.519. The molecular formula is C27H35F3N4O4. The molecule has 1 aliphatic rings. The topological polar surface area (TPSA) is 104 Å². The zero-order valence-corrected chi connectivity index (χ0v) is 21.5. The third-order valence-corrected chi connectivity index (χ3v) is 6.59. The zero-order chi connectivity index (χ0) is 27.5. The summed E-state index contributed by atoms with van der Waals surface area (Å²) in [4.78, 5) is 30.8. The summed E-state index contributed by atoms with van der Waals surface area (Å²) in [5.74, 6) is -3.15. The molecule has 208 valence electrons. The molecule has 1 amide bonds. The Kier molecular flexibility index (Phi) is 11.3. The molecule has 0 saturated heterocycles. The minimum Gasteiger partial charge on any atom is -0.480 e. The standard InChI is InChI=1S/C27H35F3N4O4/c1-38-21(16-28)17-34(13-3-2-6-20-9-7-18-5-4-12-31-25(18)32-20)14-11-24(27(36)37)33-26(35)22-15-19(29)8-10-23(22)30/h7-10,15,21,24H,2-6,11-14,16-17H2,1H3,(H,31,32)(H,33,35)(H,36,37). The van der Waals surface area contributed by atoms with Crippen LogP contribution in [-0.2, 0) is 22.4 Å². The van der Waals surface area contributed by atoms with Crippen molar-refractivity contribution >= 4 is 17.7 Å². The van der Waals surface area contributed by atoms with Gasteiger partial charge in [0, 0.05) is 32.4 Å². The summed E-state index contributed by atoms with van der Waals surface area (Å²) in [6.45, 7) is 1.25. The second kappa shape index (κ2) is 14.7. The van der Waals surface area contributed by atoms with Crippen LogP contribution in [0.2, 0.25) is 0 Å². The Hall–Kier alpha value is -3.18. The van der Waals surface area contributed by atoms with Crippen LogP contribution in [0.1, 0.15) is 47.3 Å². The van der Waals surface area contributed by atoms with Gasteiger partial charge in [-0.15, -0.1) is 0 Å². The molecule has 3 rings (SSSR count). The van der Waals surface area contributed by atoms with E-state index in [4.69, 9.17) is 9.72 Å². The van der Waals surface area contributed by atoms with Gasteiger partial charge in [-0.3, -0.25) is 4.79 Å². The van der Waals surface area contributed by atoms with E-state index in [0.29, 0.717) is 12.6 Å².